The summed E-state index contributed by atoms with van der Waals surface area (Å²) in [6.07, 6.45) is -1.94. The van der Waals surface area contributed by atoms with Gasteiger partial charge in [-0.2, -0.15) is 0 Å². The number of carbonyl (C=O) groups is 1. The van der Waals surface area contributed by atoms with Gasteiger partial charge in [0.25, 0.3) is 0 Å². The number of nitrogens with one attached hydrogen (secondary N) is 2. The van der Waals surface area contributed by atoms with E-state index in [-0.39, 0.29) is 5.95 Å². The molecule has 0 aliphatic heterocycles. The predicted molar refractivity (Wildman–Crippen MR) is 82.6 cm³/mol. The monoisotopic (exact) mass is 300 g/mol. The third-order valence-corrected chi connectivity index (χ3v) is 3.25. The topological polar surface area (TPSA) is 87.2 Å². The molecule has 3 aromatic rings. The Balaban J connectivity index is 1.81. The minimum absolute atomic E-state index is 0.0515. The SMILES string of the molecule is [2H]C([2H])([2H])OC(=O)Nc1nc2ccc(C(O)c3ccccc3)cc2[nH]1. The molecule has 0 saturated carbocycles. The summed E-state index contributed by atoms with van der Waals surface area (Å²) in [5, 5.41) is 12.7. The third-order valence-electron chi connectivity index (χ3n) is 3.25. The zero-order valence-electron chi connectivity index (χ0n) is 14.4. The van der Waals surface area contributed by atoms with E-state index in [1.54, 1.807) is 18.2 Å². The Morgan fingerprint density at radius 2 is 2.14 bits per heavy atom. The first-order chi connectivity index (χ1) is 11.8. The molecular weight excluding hydrogens is 282 g/mol. The van der Waals surface area contributed by atoms with Crippen LogP contribution in [-0.2, 0) is 4.74 Å². The first kappa shape index (κ1) is 10.8. The quantitative estimate of drug-likeness (QED) is 0.694. The number of rotatable bonds is 3. The molecule has 6 nitrogen and oxygen atoms in total. The normalized spacial score (nSPS) is 14.7. The number of benzene rings is 2. The number of anilines is 1. The zero-order valence-corrected chi connectivity index (χ0v) is 11.4. The number of ether oxygens (including phenoxy) is 1. The molecule has 1 unspecified atom stereocenters. The molecule has 0 spiro atoms. The van der Waals surface area contributed by atoms with Crippen LogP contribution in [0.25, 0.3) is 11.0 Å². The molecule has 0 bridgehead atoms. The fraction of sp³-hybridized carbons (Fsp3) is 0.125. The lowest BCUT2D eigenvalue weighted by molar-refractivity contribution is 0.186. The Bertz CT molecular complexity index is 894. The van der Waals surface area contributed by atoms with Crippen LogP contribution in [0.1, 0.15) is 21.3 Å². The third kappa shape index (κ3) is 2.77. The van der Waals surface area contributed by atoms with E-state index < -0.39 is 19.2 Å². The summed E-state index contributed by atoms with van der Waals surface area (Å²) in [7, 11) is -2.83. The molecule has 6 heteroatoms. The maximum absolute atomic E-state index is 11.5. The van der Waals surface area contributed by atoms with Crippen LogP contribution in [-0.4, -0.2) is 28.2 Å². The van der Waals surface area contributed by atoms with Crippen molar-refractivity contribution in [3.05, 3.63) is 59.7 Å². The number of methoxy groups -OCH3 is 1. The number of imidazole rings is 1. The van der Waals surface area contributed by atoms with Gasteiger partial charge in [0.2, 0.25) is 5.95 Å². The van der Waals surface area contributed by atoms with Crippen LogP contribution >= 0.6 is 0 Å². The molecule has 3 rings (SSSR count). The Kier molecular flexibility index (Phi) is 2.88. The molecular formula is C16H15N3O3. The first-order valence-electron chi connectivity index (χ1n) is 8.04. The van der Waals surface area contributed by atoms with Crippen LogP contribution in [0, 0.1) is 0 Å². The van der Waals surface area contributed by atoms with Gasteiger partial charge in [0, 0.05) is 0 Å². The van der Waals surface area contributed by atoms with Crippen molar-refractivity contribution >= 4 is 23.1 Å². The Morgan fingerprint density at radius 1 is 1.32 bits per heavy atom. The van der Waals surface area contributed by atoms with Gasteiger partial charge in [-0.3, -0.25) is 5.32 Å². The lowest BCUT2D eigenvalue weighted by Gasteiger charge is -2.11. The summed E-state index contributed by atoms with van der Waals surface area (Å²) >= 11 is 0. The second kappa shape index (κ2) is 5.87. The molecule has 1 atom stereocenters. The number of amides is 1. The van der Waals surface area contributed by atoms with E-state index in [1.165, 1.54) is 0 Å². The minimum Gasteiger partial charge on any atom is -0.453 e. The molecule has 22 heavy (non-hydrogen) atoms. The minimum atomic E-state index is -2.83. The highest BCUT2D eigenvalue weighted by Crippen LogP contribution is 2.25. The number of aromatic nitrogens is 2. The fourth-order valence-corrected chi connectivity index (χ4v) is 2.21. The van der Waals surface area contributed by atoms with E-state index in [2.05, 4.69) is 20.0 Å². The fourth-order valence-electron chi connectivity index (χ4n) is 2.21. The van der Waals surface area contributed by atoms with Crippen LogP contribution in [0.15, 0.2) is 48.5 Å². The summed E-state index contributed by atoms with van der Waals surface area (Å²) in [5.74, 6) is 0.0515. The summed E-state index contributed by atoms with van der Waals surface area (Å²) in [6, 6.07) is 14.3. The maximum Gasteiger partial charge on any atom is 0.413 e. The van der Waals surface area contributed by atoms with Crippen LogP contribution in [0.2, 0.25) is 0 Å². The molecule has 1 aromatic heterocycles. The molecule has 0 aliphatic rings. The number of aliphatic hydroxyl groups excluding tert-OH is 1. The van der Waals surface area contributed by atoms with E-state index in [0.29, 0.717) is 16.6 Å². The van der Waals surface area contributed by atoms with E-state index >= 15 is 0 Å². The maximum atomic E-state index is 11.5. The lowest BCUT2D eigenvalue weighted by Crippen LogP contribution is -2.11. The second-order valence-electron chi connectivity index (χ2n) is 4.69. The summed E-state index contributed by atoms with van der Waals surface area (Å²) in [4.78, 5) is 18.4. The number of nitrogens with zero attached hydrogens (tertiary/aromatic N) is 1. The van der Waals surface area contributed by atoms with Crippen LogP contribution in [0.3, 0.4) is 0 Å². The predicted octanol–water partition coefficient (Wildman–Crippen LogP) is 2.82. The van der Waals surface area contributed by atoms with Crippen molar-refractivity contribution in [1.29, 1.82) is 0 Å². The highest BCUT2D eigenvalue weighted by atomic mass is 16.5. The molecule has 3 N–H and O–H groups in total. The lowest BCUT2D eigenvalue weighted by atomic mass is 10.0. The van der Waals surface area contributed by atoms with Crippen molar-refractivity contribution in [2.24, 2.45) is 0 Å². The van der Waals surface area contributed by atoms with Crippen LogP contribution in [0.4, 0.5) is 10.7 Å². The highest BCUT2D eigenvalue weighted by molar-refractivity contribution is 5.86. The van der Waals surface area contributed by atoms with Gasteiger partial charge < -0.3 is 14.8 Å². The van der Waals surface area contributed by atoms with Crippen molar-refractivity contribution in [3.8, 4) is 0 Å². The highest BCUT2D eigenvalue weighted by Gasteiger charge is 2.12. The zero-order chi connectivity index (χ0) is 18.0. The van der Waals surface area contributed by atoms with Crippen LogP contribution < -0.4 is 5.32 Å². The average Bonchev–Trinajstić information content (AvgIpc) is 2.94. The molecule has 1 amide bonds. The molecule has 112 valence electrons. The summed E-state index contributed by atoms with van der Waals surface area (Å²) in [5.41, 5.74) is 2.53. The number of carbonyl (C=O) groups excluding carboxylic acids is 1. The largest absolute Gasteiger partial charge is 0.453 e. The van der Waals surface area contributed by atoms with Gasteiger partial charge in [0.1, 0.15) is 6.10 Å². The van der Waals surface area contributed by atoms with E-state index in [9.17, 15) is 9.90 Å². The summed E-state index contributed by atoms with van der Waals surface area (Å²) < 4.78 is 24.9. The number of hydrogen-bond acceptors (Lipinski definition) is 4. The van der Waals surface area contributed by atoms with Gasteiger partial charge >= 0.3 is 6.09 Å². The Hall–Kier alpha value is -2.86. The molecule has 0 aliphatic carbocycles. The van der Waals surface area contributed by atoms with Crippen molar-refractivity contribution in [3.63, 3.8) is 0 Å². The van der Waals surface area contributed by atoms with Gasteiger partial charge in [-0.1, -0.05) is 36.4 Å². The smallest absolute Gasteiger partial charge is 0.413 e. The van der Waals surface area contributed by atoms with Crippen molar-refractivity contribution in [2.75, 3.05) is 12.4 Å². The van der Waals surface area contributed by atoms with E-state index in [4.69, 9.17) is 4.11 Å². The number of aromatic amines is 1. The Labute approximate surface area is 131 Å². The number of fused-ring (bicyclic) bond motifs is 1. The van der Waals surface area contributed by atoms with Crippen molar-refractivity contribution in [2.45, 2.75) is 6.10 Å². The Morgan fingerprint density at radius 3 is 2.91 bits per heavy atom. The molecule has 1 heterocycles. The van der Waals surface area contributed by atoms with Gasteiger partial charge in [-0.15, -0.1) is 0 Å². The standard InChI is InChI=1S/C16H15N3O3/c1-22-16(21)19-15-17-12-8-7-11(9-13(12)18-15)14(20)10-5-3-2-4-6-10/h2-9,14,20H,1H3,(H2,17,18,19,21)/i1D3. The van der Waals surface area contributed by atoms with Gasteiger partial charge in [-0.25, -0.2) is 9.78 Å². The first-order valence-corrected chi connectivity index (χ1v) is 6.54. The molecule has 0 radical (unpaired) electrons. The second-order valence-corrected chi connectivity index (χ2v) is 4.69. The van der Waals surface area contributed by atoms with Gasteiger partial charge in [-0.05, 0) is 23.3 Å². The van der Waals surface area contributed by atoms with Crippen LogP contribution in [0.5, 0.6) is 0 Å². The summed E-state index contributed by atoms with van der Waals surface area (Å²) in [6.45, 7) is 0. The van der Waals surface area contributed by atoms with E-state index in [0.717, 1.165) is 5.56 Å². The number of aliphatic hydroxyl groups is 1. The number of hydrogen-bond donors (Lipinski definition) is 3. The van der Waals surface area contributed by atoms with Crippen molar-refractivity contribution in [1.82, 2.24) is 9.97 Å². The average molecular weight is 300 g/mol. The molecule has 0 fully saturated rings. The van der Waals surface area contributed by atoms with Gasteiger partial charge in [0.15, 0.2) is 0 Å². The van der Waals surface area contributed by atoms with E-state index in [1.807, 2.05) is 30.3 Å². The molecule has 0 saturated heterocycles. The number of H-pyrrole nitrogens is 1. The molecule has 2 aromatic carbocycles. The van der Waals surface area contributed by atoms with Gasteiger partial charge in [0.05, 0.1) is 22.2 Å². The van der Waals surface area contributed by atoms with Crippen molar-refractivity contribution < 1.29 is 18.8 Å².